The van der Waals surface area contributed by atoms with E-state index >= 15 is 0 Å². The SMILES string of the molecule is C[C@@H](NC(=O)CSc1nc(N)nc(N)n1)c1ccc2c(c1)OCCO2. The van der Waals surface area contributed by atoms with Gasteiger partial charge in [-0.25, -0.2) is 0 Å². The van der Waals surface area contributed by atoms with Gasteiger partial charge in [-0.2, -0.15) is 15.0 Å². The molecule has 2 heterocycles. The number of anilines is 2. The minimum atomic E-state index is -0.183. The second-order valence-corrected chi connectivity index (χ2v) is 6.26. The summed E-state index contributed by atoms with van der Waals surface area (Å²) >= 11 is 1.14. The number of amides is 1. The molecule has 10 heteroatoms. The van der Waals surface area contributed by atoms with Gasteiger partial charge in [-0.05, 0) is 24.6 Å². The Bertz CT molecular complexity index is 768. The van der Waals surface area contributed by atoms with Gasteiger partial charge >= 0.3 is 0 Å². The average molecular weight is 362 g/mol. The van der Waals surface area contributed by atoms with Crippen LogP contribution < -0.4 is 26.3 Å². The Labute approximate surface area is 148 Å². The number of benzene rings is 1. The second-order valence-electron chi connectivity index (χ2n) is 5.32. The van der Waals surface area contributed by atoms with Crippen LogP contribution in [0, 0.1) is 0 Å². The molecule has 0 unspecified atom stereocenters. The van der Waals surface area contributed by atoms with Crippen LogP contribution in [0.25, 0.3) is 0 Å². The zero-order chi connectivity index (χ0) is 17.8. The third-order valence-corrected chi connectivity index (χ3v) is 4.27. The highest BCUT2D eigenvalue weighted by Gasteiger charge is 2.16. The first-order valence-corrected chi connectivity index (χ1v) is 8.58. The fourth-order valence-corrected chi connectivity index (χ4v) is 2.94. The minimum absolute atomic E-state index is 0.0278. The summed E-state index contributed by atoms with van der Waals surface area (Å²) in [6.07, 6.45) is 0. The molecule has 9 nitrogen and oxygen atoms in total. The lowest BCUT2D eigenvalue weighted by molar-refractivity contribution is -0.119. The summed E-state index contributed by atoms with van der Waals surface area (Å²) in [7, 11) is 0. The fourth-order valence-electron chi connectivity index (χ4n) is 2.28. The van der Waals surface area contributed by atoms with E-state index in [1.807, 2.05) is 25.1 Å². The molecule has 1 aromatic carbocycles. The van der Waals surface area contributed by atoms with Crippen LogP contribution >= 0.6 is 11.8 Å². The number of nitrogens with zero attached hydrogens (tertiary/aromatic N) is 3. The molecule has 0 saturated carbocycles. The summed E-state index contributed by atoms with van der Waals surface area (Å²) in [5, 5.41) is 3.22. The number of hydrogen-bond donors (Lipinski definition) is 3. The van der Waals surface area contributed by atoms with Crippen LogP contribution in [0.2, 0.25) is 0 Å². The Morgan fingerprint density at radius 1 is 1.20 bits per heavy atom. The van der Waals surface area contributed by atoms with Crippen LogP contribution in [0.1, 0.15) is 18.5 Å². The Kier molecular flexibility index (Phi) is 5.08. The zero-order valence-electron chi connectivity index (χ0n) is 13.6. The summed E-state index contributed by atoms with van der Waals surface area (Å²) in [6, 6.07) is 5.44. The topological polar surface area (TPSA) is 138 Å². The lowest BCUT2D eigenvalue weighted by atomic mass is 10.1. The molecular formula is C15H18N6O3S. The number of ether oxygens (including phenoxy) is 2. The number of thioether (sulfide) groups is 1. The molecule has 0 fully saturated rings. The summed E-state index contributed by atoms with van der Waals surface area (Å²) < 4.78 is 11.1. The maximum atomic E-state index is 12.1. The van der Waals surface area contributed by atoms with Crippen molar-refractivity contribution in [2.24, 2.45) is 0 Å². The van der Waals surface area contributed by atoms with Crippen LogP contribution in [0.15, 0.2) is 23.4 Å². The number of rotatable bonds is 5. The number of hydrogen-bond acceptors (Lipinski definition) is 9. The van der Waals surface area contributed by atoms with Gasteiger partial charge < -0.3 is 26.3 Å². The molecule has 0 aliphatic carbocycles. The Morgan fingerprint density at radius 2 is 1.88 bits per heavy atom. The zero-order valence-corrected chi connectivity index (χ0v) is 14.4. The maximum absolute atomic E-state index is 12.1. The van der Waals surface area contributed by atoms with E-state index in [-0.39, 0.29) is 29.6 Å². The molecule has 1 aliphatic heterocycles. The van der Waals surface area contributed by atoms with E-state index in [2.05, 4.69) is 20.3 Å². The number of nitrogens with two attached hydrogens (primary N) is 2. The third-order valence-electron chi connectivity index (χ3n) is 3.43. The molecule has 1 aromatic heterocycles. The maximum Gasteiger partial charge on any atom is 0.230 e. The van der Waals surface area contributed by atoms with E-state index in [0.29, 0.717) is 29.9 Å². The lowest BCUT2D eigenvalue weighted by Crippen LogP contribution is -2.28. The highest BCUT2D eigenvalue weighted by atomic mass is 32.2. The summed E-state index contributed by atoms with van der Waals surface area (Å²) in [5.41, 5.74) is 11.9. The van der Waals surface area contributed by atoms with Crippen molar-refractivity contribution in [2.45, 2.75) is 18.1 Å². The predicted octanol–water partition coefficient (Wildman–Crippen LogP) is 0.777. The highest BCUT2D eigenvalue weighted by molar-refractivity contribution is 7.99. The van der Waals surface area contributed by atoms with E-state index in [1.165, 1.54) is 0 Å². The van der Waals surface area contributed by atoms with Crippen molar-refractivity contribution in [3.8, 4) is 11.5 Å². The van der Waals surface area contributed by atoms with Gasteiger partial charge in [0.05, 0.1) is 11.8 Å². The van der Waals surface area contributed by atoms with Crippen LogP contribution in [-0.2, 0) is 4.79 Å². The molecule has 5 N–H and O–H groups in total. The number of nitrogens with one attached hydrogen (secondary N) is 1. The molecule has 0 radical (unpaired) electrons. The first kappa shape index (κ1) is 17.1. The van der Waals surface area contributed by atoms with Crippen molar-refractivity contribution in [1.29, 1.82) is 0 Å². The van der Waals surface area contributed by atoms with Gasteiger partial charge in [-0.15, -0.1) is 0 Å². The Morgan fingerprint density at radius 3 is 2.60 bits per heavy atom. The molecule has 0 spiro atoms. The van der Waals surface area contributed by atoms with Gasteiger partial charge in [0.25, 0.3) is 0 Å². The summed E-state index contributed by atoms with van der Waals surface area (Å²) in [5.74, 6) is 1.44. The van der Waals surface area contributed by atoms with Crippen LogP contribution in [-0.4, -0.2) is 39.8 Å². The number of carbonyl (C=O) groups excluding carboxylic acids is 1. The second kappa shape index (κ2) is 7.43. The van der Waals surface area contributed by atoms with E-state index in [9.17, 15) is 4.79 Å². The predicted molar refractivity (Wildman–Crippen MR) is 93.4 cm³/mol. The molecular weight excluding hydrogens is 344 g/mol. The van der Waals surface area contributed by atoms with E-state index in [0.717, 1.165) is 17.3 Å². The number of nitrogen functional groups attached to an aromatic ring is 2. The van der Waals surface area contributed by atoms with Crippen molar-refractivity contribution in [3.05, 3.63) is 23.8 Å². The van der Waals surface area contributed by atoms with Gasteiger partial charge in [0.15, 0.2) is 16.7 Å². The smallest absolute Gasteiger partial charge is 0.230 e. The summed E-state index contributed by atoms with van der Waals surface area (Å²) in [6.45, 7) is 2.96. The largest absolute Gasteiger partial charge is 0.486 e. The van der Waals surface area contributed by atoms with Crippen molar-refractivity contribution in [1.82, 2.24) is 20.3 Å². The van der Waals surface area contributed by atoms with Crippen molar-refractivity contribution >= 4 is 29.6 Å². The first-order valence-electron chi connectivity index (χ1n) is 7.60. The molecule has 0 bridgehead atoms. The third kappa shape index (κ3) is 4.41. The van der Waals surface area contributed by atoms with E-state index in [1.54, 1.807) is 0 Å². The van der Waals surface area contributed by atoms with Gasteiger partial charge in [0, 0.05) is 0 Å². The Balaban J connectivity index is 1.57. The van der Waals surface area contributed by atoms with Crippen molar-refractivity contribution < 1.29 is 14.3 Å². The van der Waals surface area contributed by atoms with Gasteiger partial charge in [-0.1, -0.05) is 17.8 Å². The lowest BCUT2D eigenvalue weighted by Gasteiger charge is -2.21. The first-order chi connectivity index (χ1) is 12.0. The van der Waals surface area contributed by atoms with Crippen LogP contribution in [0.3, 0.4) is 0 Å². The number of carbonyl (C=O) groups is 1. The fraction of sp³-hybridized carbons (Fsp3) is 0.333. The molecule has 25 heavy (non-hydrogen) atoms. The van der Waals surface area contributed by atoms with E-state index < -0.39 is 0 Å². The standard InChI is InChI=1S/C15H18N6O3S/c1-8(9-2-3-10-11(6-9)24-5-4-23-10)18-12(22)7-25-15-20-13(16)19-14(17)21-15/h2-3,6,8H,4-5,7H2,1H3,(H,18,22)(H4,16,17,19,20,21)/t8-/m1/s1. The molecule has 1 aliphatic rings. The van der Waals surface area contributed by atoms with Crippen LogP contribution in [0.4, 0.5) is 11.9 Å². The average Bonchev–Trinajstić information content (AvgIpc) is 2.58. The normalized spacial score (nSPS) is 14.0. The molecule has 3 rings (SSSR count). The van der Waals surface area contributed by atoms with Crippen molar-refractivity contribution in [3.63, 3.8) is 0 Å². The Hall–Kier alpha value is -2.75. The quantitative estimate of drug-likeness (QED) is 0.658. The molecule has 0 saturated heterocycles. The minimum Gasteiger partial charge on any atom is -0.486 e. The summed E-state index contributed by atoms with van der Waals surface area (Å²) in [4.78, 5) is 23.7. The van der Waals surface area contributed by atoms with Gasteiger partial charge in [0.2, 0.25) is 17.8 Å². The molecule has 2 aromatic rings. The monoisotopic (exact) mass is 362 g/mol. The highest BCUT2D eigenvalue weighted by Crippen LogP contribution is 2.32. The number of fused-ring (bicyclic) bond motifs is 1. The molecule has 132 valence electrons. The van der Waals surface area contributed by atoms with Gasteiger partial charge in [-0.3, -0.25) is 4.79 Å². The molecule has 1 amide bonds. The number of aromatic nitrogens is 3. The van der Waals surface area contributed by atoms with Crippen LogP contribution in [0.5, 0.6) is 11.5 Å². The molecule has 1 atom stereocenters. The van der Waals surface area contributed by atoms with Gasteiger partial charge in [0.1, 0.15) is 13.2 Å². The van der Waals surface area contributed by atoms with E-state index in [4.69, 9.17) is 20.9 Å². The van der Waals surface area contributed by atoms with Crippen molar-refractivity contribution in [2.75, 3.05) is 30.4 Å².